The van der Waals surface area contributed by atoms with Crippen molar-refractivity contribution >= 4 is 5.91 Å². The maximum Gasteiger partial charge on any atom is 0.225 e. The highest BCUT2D eigenvalue weighted by molar-refractivity contribution is 5.77. The molecular formula is C13H27N3O2. The van der Waals surface area contributed by atoms with Crippen LogP contribution in [0.3, 0.4) is 0 Å². The average Bonchev–Trinajstić information content (AvgIpc) is 2.34. The number of piperazine rings is 1. The number of carbonyl (C=O) groups is 1. The summed E-state index contributed by atoms with van der Waals surface area (Å²) in [4.78, 5) is 16.5. The fourth-order valence-electron chi connectivity index (χ4n) is 2.38. The van der Waals surface area contributed by atoms with Gasteiger partial charge in [-0.1, -0.05) is 0 Å². The first kappa shape index (κ1) is 15.4. The molecule has 0 bridgehead atoms. The summed E-state index contributed by atoms with van der Waals surface area (Å²) in [6.45, 7) is 8.82. The van der Waals surface area contributed by atoms with Crippen molar-refractivity contribution < 1.29 is 9.53 Å². The highest BCUT2D eigenvalue weighted by atomic mass is 16.5. The van der Waals surface area contributed by atoms with E-state index in [1.165, 1.54) is 0 Å². The third-order valence-electron chi connectivity index (χ3n) is 3.78. The van der Waals surface area contributed by atoms with E-state index in [1.54, 1.807) is 0 Å². The van der Waals surface area contributed by atoms with Gasteiger partial charge in [-0.3, -0.25) is 9.69 Å². The van der Waals surface area contributed by atoms with Crippen LogP contribution in [-0.2, 0) is 9.53 Å². The second-order valence-electron chi connectivity index (χ2n) is 5.18. The quantitative estimate of drug-likeness (QED) is 0.769. The standard InChI is InChI=1S/C13H27N3O2/c1-5-18-12(7-14)6-13(17)16-8-10(2)15(4)11(3)9-16/h10-12H,5-9,14H2,1-4H3. The number of likely N-dealkylation sites (N-methyl/N-ethyl adjacent to an activating group) is 1. The van der Waals surface area contributed by atoms with E-state index in [4.69, 9.17) is 10.5 Å². The van der Waals surface area contributed by atoms with Crippen LogP contribution in [0.1, 0.15) is 27.2 Å². The Labute approximate surface area is 110 Å². The zero-order valence-electron chi connectivity index (χ0n) is 12.1. The van der Waals surface area contributed by atoms with Crippen molar-refractivity contribution in [3.05, 3.63) is 0 Å². The van der Waals surface area contributed by atoms with Crippen molar-refractivity contribution in [2.45, 2.75) is 45.4 Å². The number of amides is 1. The number of carbonyl (C=O) groups excluding carboxylic acids is 1. The molecule has 0 aromatic carbocycles. The third kappa shape index (κ3) is 3.93. The van der Waals surface area contributed by atoms with Gasteiger partial charge < -0.3 is 15.4 Å². The topological polar surface area (TPSA) is 58.8 Å². The summed E-state index contributed by atoms with van der Waals surface area (Å²) in [6.07, 6.45) is 0.251. The van der Waals surface area contributed by atoms with Crippen molar-refractivity contribution in [3.63, 3.8) is 0 Å². The van der Waals surface area contributed by atoms with E-state index in [1.807, 2.05) is 11.8 Å². The van der Waals surface area contributed by atoms with Crippen molar-refractivity contribution in [3.8, 4) is 0 Å². The van der Waals surface area contributed by atoms with Gasteiger partial charge in [0.1, 0.15) is 0 Å². The number of hydrogen-bond acceptors (Lipinski definition) is 4. The van der Waals surface area contributed by atoms with Gasteiger partial charge in [0.15, 0.2) is 0 Å². The highest BCUT2D eigenvalue weighted by Crippen LogP contribution is 2.15. The second kappa shape index (κ2) is 7.07. The van der Waals surface area contributed by atoms with Crippen LogP contribution >= 0.6 is 0 Å². The smallest absolute Gasteiger partial charge is 0.225 e. The summed E-state index contributed by atoms with van der Waals surface area (Å²) in [7, 11) is 2.11. The van der Waals surface area contributed by atoms with Crippen molar-refractivity contribution in [1.82, 2.24) is 9.80 Å². The summed E-state index contributed by atoms with van der Waals surface area (Å²) in [5, 5.41) is 0. The number of hydrogen-bond donors (Lipinski definition) is 1. The lowest BCUT2D eigenvalue weighted by atomic mass is 10.1. The summed E-state index contributed by atoms with van der Waals surface area (Å²) < 4.78 is 5.44. The molecule has 0 spiro atoms. The largest absolute Gasteiger partial charge is 0.377 e. The second-order valence-corrected chi connectivity index (χ2v) is 5.18. The first-order valence-electron chi connectivity index (χ1n) is 6.80. The molecule has 1 rings (SSSR count). The van der Waals surface area contributed by atoms with Gasteiger partial charge in [0.2, 0.25) is 5.91 Å². The minimum Gasteiger partial charge on any atom is -0.377 e. The summed E-state index contributed by atoms with van der Waals surface area (Å²) in [6, 6.07) is 0.808. The molecule has 3 atom stereocenters. The molecule has 1 aliphatic heterocycles. The van der Waals surface area contributed by atoms with Gasteiger partial charge in [0.05, 0.1) is 12.5 Å². The molecule has 5 nitrogen and oxygen atoms in total. The van der Waals surface area contributed by atoms with Gasteiger partial charge in [0.25, 0.3) is 0 Å². The van der Waals surface area contributed by atoms with E-state index in [0.717, 1.165) is 13.1 Å². The minimum atomic E-state index is -0.146. The molecule has 0 radical (unpaired) electrons. The van der Waals surface area contributed by atoms with Crippen LogP contribution < -0.4 is 5.73 Å². The maximum absolute atomic E-state index is 12.2. The van der Waals surface area contributed by atoms with Crippen LogP contribution in [0.15, 0.2) is 0 Å². The fraction of sp³-hybridized carbons (Fsp3) is 0.923. The average molecular weight is 257 g/mol. The molecule has 1 amide bonds. The molecule has 1 saturated heterocycles. The monoisotopic (exact) mass is 257 g/mol. The Hall–Kier alpha value is -0.650. The van der Waals surface area contributed by atoms with E-state index < -0.39 is 0 Å². The lowest BCUT2D eigenvalue weighted by Gasteiger charge is -2.42. The summed E-state index contributed by atoms with van der Waals surface area (Å²) >= 11 is 0. The molecule has 0 saturated carbocycles. The number of ether oxygens (including phenoxy) is 1. The van der Waals surface area contributed by atoms with Gasteiger partial charge in [0, 0.05) is 38.3 Å². The predicted octanol–water partition coefficient (Wildman–Crippen LogP) is 0.291. The Morgan fingerprint density at radius 1 is 1.39 bits per heavy atom. The van der Waals surface area contributed by atoms with E-state index in [0.29, 0.717) is 31.7 Å². The Kier molecular flexibility index (Phi) is 6.05. The van der Waals surface area contributed by atoms with Crippen LogP contribution in [0, 0.1) is 0 Å². The molecule has 0 aromatic heterocycles. The van der Waals surface area contributed by atoms with Gasteiger partial charge in [-0.2, -0.15) is 0 Å². The van der Waals surface area contributed by atoms with E-state index in [2.05, 4.69) is 25.8 Å². The molecule has 1 aliphatic rings. The van der Waals surface area contributed by atoms with Crippen LogP contribution in [0.25, 0.3) is 0 Å². The number of rotatable bonds is 5. The zero-order chi connectivity index (χ0) is 13.7. The van der Waals surface area contributed by atoms with Crippen molar-refractivity contribution in [2.75, 3.05) is 33.3 Å². The zero-order valence-corrected chi connectivity index (χ0v) is 12.1. The lowest BCUT2D eigenvalue weighted by molar-refractivity contribution is -0.137. The maximum atomic E-state index is 12.2. The van der Waals surface area contributed by atoms with Crippen molar-refractivity contribution in [1.29, 1.82) is 0 Å². The summed E-state index contributed by atoms with van der Waals surface area (Å²) in [5.41, 5.74) is 5.61. The molecule has 18 heavy (non-hydrogen) atoms. The lowest BCUT2D eigenvalue weighted by Crippen LogP contribution is -2.56. The third-order valence-corrected chi connectivity index (χ3v) is 3.78. The van der Waals surface area contributed by atoms with Crippen LogP contribution in [0.4, 0.5) is 0 Å². The van der Waals surface area contributed by atoms with Crippen LogP contribution in [0.2, 0.25) is 0 Å². The van der Waals surface area contributed by atoms with Gasteiger partial charge in [-0.15, -0.1) is 0 Å². The minimum absolute atomic E-state index is 0.146. The first-order chi connectivity index (χ1) is 8.49. The SMILES string of the molecule is CCOC(CN)CC(=O)N1CC(C)N(C)C(C)C1. The molecule has 3 unspecified atom stereocenters. The normalized spacial score (nSPS) is 27.3. The molecule has 0 aliphatic carbocycles. The van der Waals surface area contributed by atoms with E-state index in [-0.39, 0.29) is 12.0 Å². The molecular weight excluding hydrogens is 230 g/mol. The highest BCUT2D eigenvalue weighted by Gasteiger charge is 2.30. The first-order valence-corrected chi connectivity index (χ1v) is 6.80. The van der Waals surface area contributed by atoms with Gasteiger partial charge >= 0.3 is 0 Å². The fourth-order valence-corrected chi connectivity index (χ4v) is 2.38. The van der Waals surface area contributed by atoms with Crippen molar-refractivity contribution in [2.24, 2.45) is 5.73 Å². The molecule has 5 heteroatoms. The predicted molar refractivity (Wildman–Crippen MR) is 72.4 cm³/mol. The molecule has 2 N–H and O–H groups in total. The molecule has 1 fully saturated rings. The number of nitrogens with two attached hydrogens (primary N) is 1. The Balaban J connectivity index is 2.51. The van der Waals surface area contributed by atoms with Crippen LogP contribution in [0.5, 0.6) is 0 Å². The van der Waals surface area contributed by atoms with Gasteiger partial charge in [-0.25, -0.2) is 0 Å². The molecule has 0 aromatic rings. The molecule has 1 heterocycles. The Morgan fingerprint density at radius 2 is 1.94 bits per heavy atom. The van der Waals surface area contributed by atoms with Crippen LogP contribution in [-0.4, -0.2) is 67.2 Å². The van der Waals surface area contributed by atoms with E-state index in [9.17, 15) is 4.79 Å². The number of nitrogens with zero attached hydrogens (tertiary/aromatic N) is 2. The Morgan fingerprint density at radius 3 is 2.39 bits per heavy atom. The molecule has 106 valence electrons. The summed E-state index contributed by atoms with van der Waals surface area (Å²) in [5.74, 6) is 0.158. The Bertz CT molecular complexity index is 261. The van der Waals surface area contributed by atoms with Gasteiger partial charge in [-0.05, 0) is 27.8 Å². The van der Waals surface area contributed by atoms with E-state index >= 15 is 0 Å².